The lowest BCUT2D eigenvalue weighted by molar-refractivity contribution is 0.914. The van der Waals surface area contributed by atoms with Crippen molar-refractivity contribution < 1.29 is 0 Å². The monoisotopic (exact) mass is 243 g/mol. The summed E-state index contributed by atoms with van der Waals surface area (Å²) < 4.78 is 1.80. The van der Waals surface area contributed by atoms with Crippen LogP contribution in [0.2, 0.25) is 0 Å². The fraction of sp³-hybridized carbons (Fsp3) is 0.308. The molecule has 3 aromatic rings. The van der Waals surface area contributed by atoms with Crippen molar-refractivity contribution in [2.24, 2.45) is 0 Å². The summed E-state index contributed by atoms with van der Waals surface area (Å²) in [4.78, 5) is 8.67. The smallest absolute Gasteiger partial charge is 0.226 e. The third kappa shape index (κ3) is 1.88. The molecule has 5 nitrogen and oxygen atoms in total. The molecule has 3 rings (SSSR count). The quantitative estimate of drug-likeness (QED) is 0.714. The number of nitrogens with zero attached hydrogens (tertiary/aromatic N) is 4. The summed E-state index contributed by atoms with van der Waals surface area (Å²) in [5.74, 6) is 0.703. The van der Waals surface area contributed by atoms with Crippen LogP contribution in [0.25, 0.3) is 16.6 Å². The van der Waals surface area contributed by atoms with E-state index >= 15 is 0 Å². The number of hydrogen-bond donors (Lipinski definition) is 1. The molecule has 0 aromatic carbocycles. The van der Waals surface area contributed by atoms with Gasteiger partial charge in [0.1, 0.15) is 0 Å². The SMILES string of the molecule is CC.CNc1nc2ncccc2c2cc(C)nn12. The van der Waals surface area contributed by atoms with E-state index in [1.54, 1.807) is 10.7 Å². The minimum absolute atomic E-state index is 0.703. The van der Waals surface area contributed by atoms with Gasteiger partial charge in [-0.3, -0.25) is 0 Å². The number of pyridine rings is 1. The Morgan fingerprint density at radius 2 is 2.06 bits per heavy atom. The maximum atomic E-state index is 4.41. The molecular weight excluding hydrogens is 226 g/mol. The van der Waals surface area contributed by atoms with Crippen LogP contribution in [0.5, 0.6) is 0 Å². The van der Waals surface area contributed by atoms with Gasteiger partial charge >= 0.3 is 0 Å². The number of hydrogen-bond acceptors (Lipinski definition) is 4. The van der Waals surface area contributed by atoms with Crippen molar-refractivity contribution in [3.05, 3.63) is 30.1 Å². The molecule has 0 spiro atoms. The third-order valence-corrected chi connectivity index (χ3v) is 2.53. The van der Waals surface area contributed by atoms with E-state index in [-0.39, 0.29) is 0 Å². The molecule has 1 N–H and O–H groups in total. The van der Waals surface area contributed by atoms with Crippen LogP contribution in [0.3, 0.4) is 0 Å². The van der Waals surface area contributed by atoms with Gasteiger partial charge in [-0.25, -0.2) is 4.98 Å². The number of rotatable bonds is 1. The van der Waals surface area contributed by atoms with Gasteiger partial charge in [-0.2, -0.15) is 14.6 Å². The van der Waals surface area contributed by atoms with Gasteiger partial charge < -0.3 is 5.32 Å². The summed E-state index contributed by atoms with van der Waals surface area (Å²) in [6.07, 6.45) is 1.74. The van der Waals surface area contributed by atoms with Crippen molar-refractivity contribution in [3.8, 4) is 0 Å². The number of fused-ring (bicyclic) bond motifs is 3. The average Bonchev–Trinajstić information content (AvgIpc) is 2.82. The number of aromatic nitrogens is 4. The lowest BCUT2D eigenvalue weighted by Crippen LogP contribution is -2.03. The second-order valence-corrected chi connectivity index (χ2v) is 3.64. The van der Waals surface area contributed by atoms with Crippen LogP contribution in [-0.2, 0) is 0 Å². The first-order chi connectivity index (χ1) is 8.79. The topological polar surface area (TPSA) is 55.1 Å². The van der Waals surface area contributed by atoms with E-state index in [1.807, 2.05) is 46.0 Å². The first kappa shape index (κ1) is 12.3. The highest BCUT2D eigenvalue weighted by atomic mass is 15.3. The Morgan fingerprint density at radius 1 is 1.28 bits per heavy atom. The van der Waals surface area contributed by atoms with Gasteiger partial charge in [0.25, 0.3) is 0 Å². The molecule has 18 heavy (non-hydrogen) atoms. The Morgan fingerprint density at radius 3 is 2.78 bits per heavy atom. The molecule has 0 aliphatic heterocycles. The summed E-state index contributed by atoms with van der Waals surface area (Å²) in [6, 6.07) is 5.95. The second-order valence-electron chi connectivity index (χ2n) is 3.64. The van der Waals surface area contributed by atoms with E-state index in [0.29, 0.717) is 5.95 Å². The predicted octanol–water partition coefficient (Wildman–Crippen LogP) is 2.65. The van der Waals surface area contributed by atoms with Gasteiger partial charge in [0.15, 0.2) is 5.65 Å². The van der Waals surface area contributed by atoms with Crippen LogP contribution in [0.1, 0.15) is 19.5 Å². The Bertz CT molecular complexity index is 672. The largest absolute Gasteiger partial charge is 0.357 e. The standard InChI is InChI=1S/C11H11N5.C2H6/c1-7-6-9-8-4-3-5-13-10(8)14-11(12-2)16(9)15-7;1-2/h3-6H,1-2H3,(H,12,13,14);1-2H3. The molecule has 0 fully saturated rings. The molecule has 0 saturated carbocycles. The number of aryl methyl sites for hydroxylation is 1. The first-order valence-electron chi connectivity index (χ1n) is 6.08. The van der Waals surface area contributed by atoms with Gasteiger partial charge in [0.05, 0.1) is 11.2 Å². The normalized spacial score (nSPS) is 10.2. The van der Waals surface area contributed by atoms with Crippen molar-refractivity contribution in [2.45, 2.75) is 20.8 Å². The molecule has 0 radical (unpaired) electrons. The molecule has 0 bridgehead atoms. The van der Waals surface area contributed by atoms with E-state index in [1.165, 1.54) is 0 Å². The van der Waals surface area contributed by atoms with Gasteiger partial charge in [-0.05, 0) is 25.1 Å². The zero-order valence-corrected chi connectivity index (χ0v) is 11.1. The molecular formula is C13H17N5. The Kier molecular flexibility index (Phi) is 3.41. The Hall–Kier alpha value is -2.17. The average molecular weight is 243 g/mol. The molecule has 0 amide bonds. The lowest BCUT2D eigenvalue weighted by atomic mass is 10.2. The van der Waals surface area contributed by atoms with Crippen molar-refractivity contribution in [3.63, 3.8) is 0 Å². The zero-order chi connectivity index (χ0) is 13.1. The molecule has 94 valence electrons. The van der Waals surface area contributed by atoms with Gasteiger partial charge in [0, 0.05) is 18.6 Å². The molecule has 3 heterocycles. The van der Waals surface area contributed by atoms with E-state index in [0.717, 1.165) is 22.2 Å². The summed E-state index contributed by atoms with van der Waals surface area (Å²) in [7, 11) is 1.83. The Labute approximate surface area is 106 Å². The van der Waals surface area contributed by atoms with Gasteiger partial charge in [-0.1, -0.05) is 13.8 Å². The number of nitrogens with one attached hydrogen (secondary N) is 1. The maximum absolute atomic E-state index is 4.41. The van der Waals surface area contributed by atoms with Crippen LogP contribution in [0, 0.1) is 6.92 Å². The van der Waals surface area contributed by atoms with Crippen molar-refractivity contribution in [2.75, 3.05) is 12.4 Å². The molecule has 0 unspecified atom stereocenters. The molecule has 0 aliphatic carbocycles. The Balaban J connectivity index is 0.000000574. The molecule has 5 heteroatoms. The van der Waals surface area contributed by atoms with Crippen LogP contribution in [-0.4, -0.2) is 26.6 Å². The highest BCUT2D eigenvalue weighted by molar-refractivity contribution is 5.92. The lowest BCUT2D eigenvalue weighted by Gasteiger charge is -2.05. The van der Waals surface area contributed by atoms with Crippen molar-refractivity contribution in [1.29, 1.82) is 0 Å². The summed E-state index contributed by atoms with van der Waals surface area (Å²) in [5, 5.41) is 8.44. The van der Waals surface area contributed by atoms with E-state index < -0.39 is 0 Å². The van der Waals surface area contributed by atoms with Crippen LogP contribution >= 0.6 is 0 Å². The summed E-state index contributed by atoms with van der Waals surface area (Å²) >= 11 is 0. The van der Waals surface area contributed by atoms with Crippen LogP contribution in [0.4, 0.5) is 5.95 Å². The highest BCUT2D eigenvalue weighted by Crippen LogP contribution is 2.20. The predicted molar refractivity (Wildman–Crippen MR) is 73.9 cm³/mol. The minimum Gasteiger partial charge on any atom is -0.357 e. The van der Waals surface area contributed by atoms with E-state index in [4.69, 9.17) is 0 Å². The van der Waals surface area contributed by atoms with Gasteiger partial charge in [-0.15, -0.1) is 0 Å². The summed E-state index contributed by atoms with van der Waals surface area (Å²) in [6.45, 7) is 5.97. The second kappa shape index (κ2) is 5.00. The molecule has 0 aliphatic rings. The molecule has 0 atom stereocenters. The third-order valence-electron chi connectivity index (χ3n) is 2.53. The zero-order valence-electron chi connectivity index (χ0n) is 11.1. The fourth-order valence-corrected chi connectivity index (χ4v) is 1.85. The highest BCUT2D eigenvalue weighted by Gasteiger charge is 2.09. The van der Waals surface area contributed by atoms with Gasteiger partial charge in [0.2, 0.25) is 5.95 Å². The van der Waals surface area contributed by atoms with E-state index in [2.05, 4.69) is 20.4 Å². The summed E-state index contributed by atoms with van der Waals surface area (Å²) in [5.41, 5.74) is 2.73. The van der Waals surface area contributed by atoms with Crippen LogP contribution in [0.15, 0.2) is 24.4 Å². The van der Waals surface area contributed by atoms with E-state index in [9.17, 15) is 0 Å². The van der Waals surface area contributed by atoms with Crippen molar-refractivity contribution in [1.82, 2.24) is 19.6 Å². The van der Waals surface area contributed by atoms with Crippen LogP contribution < -0.4 is 5.32 Å². The molecule has 3 aromatic heterocycles. The maximum Gasteiger partial charge on any atom is 0.226 e. The first-order valence-corrected chi connectivity index (χ1v) is 6.08. The fourth-order valence-electron chi connectivity index (χ4n) is 1.85. The number of anilines is 1. The molecule has 0 saturated heterocycles. The van der Waals surface area contributed by atoms with Crippen molar-refractivity contribution >= 4 is 22.5 Å². The minimum atomic E-state index is 0.703.